The Bertz CT molecular complexity index is 912. The van der Waals surface area contributed by atoms with Gasteiger partial charge in [0.25, 0.3) is 5.91 Å². The van der Waals surface area contributed by atoms with Gasteiger partial charge in [0.2, 0.25) is 5.13 Å². The molecule has 8 heteroatoms. The summed E-state index contributed by atoms with van der Waals surface area (Å²) in [6.45, 7) is -0.225. The van der Waals surface area contributed by atoms with Gasteiger partial charge in [-0.25, -0.2) is 0 Å². The van der Waals surface area contributed by atoms with Crippen LogP contribution < -0.4 is 14.8 Å². The van der Waals surface area contributed by atoms with E-state index in [1.54, 1.807) is 12.1 Å². The molecule has 0 saturated carbocycles. The molecular formula is C18H15N3O4S. The summed E-state index contributed by atoms with van der Waals surface area (Å²) in [6.07, 6.45) is 0.707. The first kappa shape index (κ1) is 17.6. The standard InChI is InChI=1S/C18H15N3O4S/c1-24-15-9-12(10-22)7-8-14(15)25-11-16(23)19-18-21-20-17(26-18)13-5-3-2-4-6-13/h2-10H,11H2,1H3,(H,19,21,23). The molecule has 1 heterocycles. The number of methoxy groups -OCH3 is 1. The van der Waals surface area contributed by atoms with E-state index < -0.39 is 0 Å². The number of aromatic nitrogens is 2. The van der Waals surface area contributed by atoms with E-state index in [1.165, 1.54) is 24.5 Å². The summed E-state index contributed by atoms with van der Waals surface area (Å²) in [5.74, 6) is 0.377. The number of aldehydes is 1. The Balaban J connectivity index is 1.60. The van der Waals surface area contributed by atoms with Crippen molar-refractivity contribution >= 4 is 28.7 Å². The molecule has 0 aliphatic heterocycles. The van der Waals surface area contributed by atoms with Gasteiger partial charge in [-0.05, 0) is 18.2 Å². The van der Waals surface area contributed by atoms with E-state index >= 15 is 0 Å². The fourth-order valence-electron chi connectivity index (χ4n) is 2.15. The maximum absolute atomic E-state index is 12.1. The lowest BCUT2D eigenvalue weighted by atomic mass is 10.2. The molecular weight excluding hydrogens is 354 g/mol. The first-order chi connectivity index (χ1) is 12.7. The average Bonchev–Trinajstić information content (AvgIpc) is 3.15. The lowest BCUT2D eigenvalue weighted by Crippen LogP contribution is -2.20. The zero-order chi connectivity index (χ0) is 18.4. The van der Waals surface area contributed by atoms with Crippen molar-refractivity contribution in [3.63, 3.8) is 0 Å². The highest BCUT2D eigenvalue weighted by Crippen LogP contribution is 2.28. The largest absolute Gasteiger partial charge is 0.493 e. The van der Waals surface area contributed by atoms with Gasteiger partial charge in [-0.3, -0.25) is 14.9 Å². The van der Waals surface area contributed by atoms with Gasteiger partial charge >= 0.3 is 0 Å². The van der Waals surface area contributed by atoms with Crippen molar-refractivity contribution in [3.05, 3.63) is 54.1 Å². The molecule has 0 atom stereocenters. The first-order valence-electron chi connectivity index (χ1n) is 7.64. The summed E-state index contributed by atoms with van der Waals surface area (Å²) >= 11 is 1.28. The number of carbonyl (C=O) groups excluding carboxylic acids is 2. The lowest BCUT2D eigenvalue weighted by Gasteiger charge is -2.10. The van der Waals surface area contributed by atoms with Crippen LogP contribution in [0.5, 0.6) is 11.5 Å². The second-order valence-corrected chi connectivity index (χ2v) is 6.12. The second kappa shape index (κ2) is 8.21. The van der Waals surface area contributed by atoms with Gasteiger partial charge in [-0.1, -0.05) is 41.7 Å². The Hall–Kier alpha value is -3.26. The minimum absolute atomic E-state index is 0.225. The molecule has 7 nitrogen and oxygen atoms in total. The number of rotatable bonds is 7. The molecule has 1 N–H and O–H groups in total. The number of nitrogens with zero attached hydrogens (tertiary/aromatic N) is 2. The highest BCUT2D eigenvalue weighted by atomic mass is 32.1. The van der Waals surface area contributed by atoms with E-state index in [0.29, 0.717) is 33.5 Å². The van der Waals surface area contributed by atoms with Crippen molar-refractivity contribution in [3.8, 4) is 22.1 Å². The van der Waals surface area contributed by atoms with Gasteiger partial charge in [0.15, 0.2) is 18.1 Å². The van der Waals surface area contributed by atoms with E-state index in [4.69, 9.17) is 9.47 Å². The third kappa shape index (κ3) is 4.22. The summed E-state index contributed by atoms with van der Waals surface area (Å²) in [5, 5.41) is 11.8. The van der Waals surface area contributed by atoms with Crippen molar-refractivity contribution in [2.24, 2.45) is 0 Å². The van der Waals surface area contributed by atoms with Crippen LogP contribution in [-0.2, 0) is 4.79 Å². The molecule has 0 aliphatic rings. The van der Waals surface area contributed by atoms with Crippen molar-refractivity contribution in [1.82, 2.24) is 10.2 Å². The van der Waals surface area contributed by atoms with E-state index in [1.807, 2.05) is 30.3 Å². The number of ether oxygens (including phenoxy) is 2. The summed E-state index contributed by atoms with van der Waals surface area (Å²) in [6, 6.07) is 14.3. The van der Waals surface area contributed by atoms with E-state index in [-0.39, 0.29) is 12.5 Å². The smallest absolute Gasteiger partial charge is 0.264 e. The molecule has 0 aliphatic carbocycles. The molecule has 0 radical (unpaired) electrons. The topological polar surface area (TPSA) is 90.4 Å². The molecule has 1 amide bonds. The van der Waals surface area contributed by atoms with Gasteiger partial charge in [0.1, 0.15) is 11.3 Å². The van der Waals surface area contributed by atoms with Crippen LogP contribution >= 0.6 is 11.3 Å². The second-order valence-electron chi connectivity index (χ2n) is 5.14. The Morgan fingerprint density at radius 1 is 1.15 bits per heavy atom. The van der Waals surface area contributed by atoms with Crippen LogP contribution in [0.2, 0.25) is 0 Å². The zero-order valence-electron chi connectivity index (χ0n) is 13.8. The number of benzene rings is 2. The molecule has 1 aromatic heterocycles. The molecule has 3 rings (SSSR count). The van der Waals surface area contributed by atoms with E-state index in [0.717, 1.165) is 5.56 Å². The third-order valence-corrected chi connectivity index (χ3v) is 4.26. The van der Waals surface area contributed by atoms with Gasteiger partial charge in [0, 0.05) is 11.1 Å². The number of hydrogen-bond donors (Lipinski definition) is 1. The van der Waals surface area contributed by atoms with Gasteiger partial charge < -0.3 is 9.47 Å². The monoisotopic (exact) mass is 369 g/mol. The van der Waals surface area contributed by atoms with Crippen molar-refractivity contribution in [2.75, 3.05) is 19.0 Å². The Morgan fingerprint density at radius 3 is 2.69 bits per heavy atom. The normalized spacial score (nSPS) is 10.2. The Kier molecular flexibility index (Phi) is 5.55. The Morgan fingerprint density at radius 2 is 1.96 bits per heavy atom. The fraction of sp³-hybridized carbons (Fsp3) is 0.111. The molecule has 0 spiro atoms. The number of nitrogens with one attached hydrogen (secondary N) is 1. The molecule has 26 heavy (non-hydrogen) atoms. The van der Waals surface area contributed by atoms with Crippen LogP contribution in [0.15, 0.2) is 48.5 Å². The summed E-state index contributed by atoms with van der Waals surface area (Å²) in [5.41, 5.74) is 1.39. The maximum atomic E-state index is 12.1. The van der Waals surface area contributed by atoms with Crippen LogP contribution in [-0.4, -0.2) is 36.1 Å². The fourth-order valence-corrected chi connectivity index (χ4v) is 2.91. The number of carbonyl (C=O) groups is 2. The van der Waals surface area contributed by atoms with Crippen LogP contribution in [0.1, 0.15) is 10.4 Å². The molecule has 0 bridgehead atoms. The average molecular weight is 369 g/mol. The van der Waals surface area contributed by atoms with Crippen molar-refractivity contribution in [1.29, 1.82) is 0 Å². The Labute approximate surface area is 153 Å². The molecule has 0 unspecified atom stereocenters. The summed E-state index contributed by atoms with van der Waals surface area (Å²) < 4.78 is 10.6. The first-order valence-corrected chi connectivity index (χ1v) is 8.46. The lowest BCUT2D eigenvalue weighted by molar-refractivity contribution is -0.118. The quantitative estimate of drug-likeness (QED) is 0.644. The van der Waals surface area contributed by atoms with E-state index in [9.17, 15) is 9.59 Å². The zero-order valence-corrected chi connectivity index (χ0v) is 14.7. The minimum Gasteiger partial charge on any atom is -0.493 e. The molecule has 0 fully saturated rings. The molecule has 2 aromatic carbocycles. The van der Waals surface area contributed by atoms with E-state index in [2.05, 4.69) is 15.5 Å². The molecule has 3 aromatic rings. The van der Waals surface area contributed by atoms with Gasteiger partial charge in [-0.15, -0.1) is 10.2 Å². The SMILES string of the molecule is COc1cc(C=O)ccc1OCC(=O)Nc1nnc(-c2ccccc2)s1. The van der Waals surface area contributed by atoms with Crippen LogP contribution in [0.25, 0.3) is 10.6 Å². The number of amides is 1. The highest BCUT2D eigenvalue weighted by molar-refractivity contribution is 7.18. The number of anilines is 1. The van der Waals surface area contributed by atoms with Gasteiger partial charge in [-0.2, -0.15) is 0 Å². The highest BCUT2D eigenvalue weighted by Gasteiger charge is 2.12. The van der Waals surface area contributed by atoms with Crippen LogP contribution in [0.4, 0.5) is 5.13 Å². The minimum atomic E-state index is -0.373. The maximum Gasteiger partial charge on any atom is 0.264 e. The summed E-state index contributed by atoms with van der Waals surface area (Å²) in [4.78, 5) is 22.8. The molecule has 132 valence electrons. The molecule has 0 saturated heterocycles. The van der Waals surface area contributed by atoms with Gasteiger partial charge in [0.05, 0.1) is 7.11 Å². The predicted octanol–water partition coefficient (Wildman–Crippen LogP) is 3.04. The summed E-state index contributed by atoms with van der Waals surface area (Å²) in [7, 11) is 1.46. The van der Waals surface area contributed by atoms with Crippen molar-refractivity contribution in [2.45, 2.75) is 0 Å². The third-order valence-electron chi connectivity index (χ3n) is 3.37. The van der Waals surface area contributed by atoms with Crippen LogP contribution in [0.3, 0.4) is 0 Å². The number of hydrogen-bond acceptors (Lipinski definition) is 7. The van der Waals surface area contributed by atoms with Crippen molar-refractivity contribution < 1.29 is 19.1 Å². The predicted molar refractivity (Wildman–Crippen MR) is 97.9 cm³/mol. The van der Waals surface area contributed by atoms with Crippen LogP contribution in [0, 0.1) is 0 Å².